The lowest BCUT2D eigenvalue weighted by molar-refractivity contribution is 0.486. The van der Waals surface area contributed by atoms with Crippen molar-refractivity contribution in [3.8, 4) is 5.75 Å². The van der Waals surface area contributed by atoms with Gasteiger partial charge < -0.3 is 4.43 Å². The molecular formula is C15H26OSi. The van der Waals surface area contributed by atoms with Crippen molar-refractivity contribution in [1.29, 1.82) is 0 Å². The van der Waals surface area contributed by atoms with E-state index in [9.17, 15) is 0 Å². The summed E-state index contributed by atoms with van der Waals surface area (Å²) in [5.74, 6) is 1.10. The normalized spacial score (nSPS) is 12.6. The van der Waals surface area contributed by atoms with Crippen molar-refractivity contribution in [2.45, 2.75) is 58.7 Å². The van der Waals surface area contributed by atoms with E-state index in [1.807, 2.05) is 0 Å². The molecule has 0 spiro atoms. The van der Waals surface area contributed by atoms with Crippen molar-refractivity contribution in [3.05, 3.63) is 29.8 Å². The SMILES string of the molecule is CCCc1ccccc1O[Si](C)(C)C(C)(C)C. The molecule has 0 atom stereocenters. The monoisotopic (exact) mass is 250 g/mol. The van der Waals surface area contributed by atoms with Crippen LogP contribution < -0.4 is 4.43 Å². The predicted molar refractivity (Wildman–Crippen MR) is 78.3 cm³/mol. The van der Waals surface area contributed by atoms with Gasteiger partial charge in [-0.15, -0.1) is 0 Å². The maximum Gasteiger partial charge on any atom is 0.250 e. The maximum atomic E-state index is 6.39. The molecule has 0 saturated carbocycles. The first-order valence-corrected chi connectivity index (χ1v) is 9.45. The molecule has 2 heteroatoms. The van der Waals surface area contributed by atoms with Gasteiger partial charge in [0.05, 0.1) is 0 Å². The van der Waals surface area contributed by atoms with E-state index in [-0.39, 0.29) is 5.04 Å². The Morgan fingerprint density at radius 2 is 1.71 bits per heavy atom. The molecule has 1 rings (SSSR count). The largest absolute Gasteiger partial charge is 0.543 e. The fourth-order valence-electron chi connectivity index (χ4n) is 1.51. The van der Waals surface area contributed by atoms with Crippen molar-refractivity contribution in [2.75, 3.05) is 0 Å². The molecule has 1 aromatic carbocycles. The van der Waals surface area contributed by atoms with Crippen LogP contribution in [-0.2, 0) is 6.42 Å². The second-order valence-corrected chi connectivity index (χ2v) is 10.9. The van der Waals surface area contributed by atoms with Gasteiger partial charge in [-0.25, -0.2) is 0 Å². The van der Waals surface area contributed by atoms with Crippen LogP contribution in [0.1, 0.15) is 39.7 Å². The maximum absolute atomic E-state index is 6.39. The molecule has 17 heavy (non-hydrogen) atoms. The van der Waals surface area contributed by atoms with E-state index in [1.165, 1.54) is 5.56 Å². The van der Waals surface area contributed by atoms with Crippen LogP contribution in [0.15, 0.2) is 24.3 Å². The van der Waals surface area contributed by atoms with E-state index in [2.05, 4.69) is 65.1 Å². The summed E-state index contributed by atoms with van der Waals surface area (Å²) in [5.41, 5.74) is 1.35. The summed E-state index contributed by atoms with van der Waals surface area (Å²) in [6, 6.07) is 8.47. The Morgan fingerprint density at radius 1 is 1.12 bits per heavy atom. The van der Waals surface area contributed by atoms with Crippen molar-refractivity contribution in [2.24, 2.45) is 0 Å². The van der Waals surface area contributed by atoms with Gasteiger partial charge in [-0.3, -0.25) is 0 Å². The lowest BCUT2D eigenvalue weighted by atomic mass is 10.1. The topological polar surface area (TPSA) is 9.23 Å². The second-order valence-electron chi connectivity index (χ2n) is 6.22. The van der Waals surface area contributed by atoms with Crippen LogP contribution in [0.3, 0.4) is 0 Å². The third-order valence-corrected chi connectivity index (χ3v) is 8.01. The van der Waals surface area contributed by atoms with E-state index in [4.69, 9.17) is 4.43 Å². The Labute approximate surface area is 107 Å². The highest BCUT2D eigenvalue weighted by atomic mass is 28.4. The molecule has 0 fully saturated rings. The number of hydrogen-bond acceptors (Lipinski definition) is 1. The summed E-state index contributed by atoms with van der Waals surface area (Å²) in [4.78, 5) is 0. The zero-order chi connectivity index (χ0) is 13.1. The Kier molecular flexibility index (Phi) is 4.42. The molecule has 0 aliphatic carbocycles. The van der Waals surface area contributed by atoms with Crippen LogP contribution in [0.5, 0.6) is 5.75 Å². The number of para-hydroxylation sites is 1. The molecule has 0 heterocycles. The third-order valence-electron chi connectivity index (χ3n) is 3.66. The van der Waals surface area contributed by atoms with Gasteiger partial charge in [-0.2, -0.15) is 0 Å². The molecule has 96 valence electrons. The fraction of sp³-hybridized carbons (Fsp3) is 0.600. The van der Waals surface area contributed by atoms with Gasteiger partial charge >= 0.3 is 0 Å². The number of hydrogen-bond donors (Lipinski definition) is 0. The van der Waals surface area contributed by atoms with Gasteiger partial charge in [0.2, 0.25) is 8.32 Å². The number of aryl methyl sites for hydroxylation is 1. The van der Waals surface area contributed by atoms with Crippen LogP contribution in [0.2, 0.25) is 18.1 Å². The average molecular weight is 250 g/mol. The van der Waals surface area contributed by atoms with Crippen molar-refractivity contribution < 1.29 is 4.43 Å². The van der Waals surface area contributed by atoms with Gasteiger partial charge in [-0.1, -0.05) is 52.3 Å². The highest BCUT2D eigenvalue weighted by molar-refractivity contribution is 6.74. The summed E-state index contributed by atoms with van der Waals surface area (Å²) in [5, 5.41) is 0.256. The molecular weight excluding hydrogens is 224 g/mol. The summed E-state index contributed by atoms with van der Waals surface area (Å²) < 4.78 is 6.39. The number of rotatable bonds is 4. The van der Waals surface area contributed by atoms with Gasteiger partial charge in [0.25, 0.3) is 0 Å². The van der Waals surface area contributed by atoms with E-state index >= 15 is 0 Å². The molecule has 1 aromatic rings. The highest BCUT2D eigenvalue weighted by Crippen LogP contribution is 2.38. The Balaban J connectivity index is 2.95. The van der Waals surface area contributed by atoms with Crippen LogP contribution in [0.25, 0.3) is 0 Å². The van der Waals surface area contributed by atoms with Crippen LogP contribution >= 0.6 is 0 Å². The zero-order valence-electron chi connectivity index (χ0n) is 12.1. The van der Waals surface area contributed by atoms with E-state index in [0.29, 0.717) is 0 Å². The molecule has 0 aromatic heterocycles. The van der Waals surface area contributed by atoms with Gasteiger partial charge in [0, 0.05) is 0 Å². The summed E-state index contributed by atoms with van der Waals surface area (Å²) >= 11 is 0. The first kappa shape index (κ1) is 14.3. The Bertz CT molecular complexity index is 363. The average Bonchev–Trinajstić information content (AvgIpc) is 2.19. The molecule has 1 nitrogen and oxygen atoms in total. The van der Waals surface area contributed by atoms with Gasteiger partial charge in [-0.05, 0) is 36.2 Å². The Morgan fingerprint density at radius 3 is 2.24 bits per heavy atom. The van der Waals surface area contributed by atoms with Gasteiger partial charge in [0.15, 0.2) is 0 Å². The molecule has 0 aliphatic heterocycles. The minimum atomic E-state index is -1.71. The molecule has 0 N–H and O–H groups in total. The Hall–Kier alpha value is -0.763. The first-order valence-electron chi connectivity index (χ1n) is 6.55. The van der Waals surface area contributed by atoms with E-state index < -0.39 is 8.32 Å². The van der Waals surface area contributed by atoms with E-state index in [0.717, 1.165) is 18.6 Å². The van der Waals surface area contributed by atoms with Crippen LogP contribution in [0, 0.1) is 0 Å². The molecule has 0 bridgehead atoms. The molecule has 0 saturated heterocycles. The minimum absolute atomic E-state index is 0.256. The van der Waals surface area contributed by atoms with Gasteiger partial charge in [0.1, 0.15) is 5.75 Å². The zero-order valence-corrected chi connectivity index (χ0v) is 13.1. The highest BCUT2D eigenvalue weighted by Gasteiger charge is 2.39. The minimum Gasteiger partial charge on any atom is -0.543 e. The van der Waals surface area contributed by atoms with Crippen molar-refractivity contribution in [1.82, 2.24) is 0 Å². The lowest BCUT2D eigenvalue weighted by Gasteiger charge is -2.37. The van der Waals surface area contributed by atoms with Crippen molar-refractivity contribution >= 4 is 8.32 Å². The number of benzene rings is 1. The summed E-state index contributed by atoms with van der Waals surface area (Å²) in [6.45, 7) is 13.7. The standard InChI is InChI=1S/C15H26OSi/c1-7-10-13-11-8-9-12-14(13)16-17(5,6)15(2,3)4/h8-9,11-12H,7,10H2,1-6H3. The summed E-state index contributed by atoms with van der Waals surface area (Å²) in [6.07, 6.45) is 2.27. The third kappa shape index (κ3) is 3.60. The molecule has 0 aliphatic rings. The van der Waals surface area contributed by atoms with Crippen molar-refractivity contribution in [3.63, 3.8) is 0 Å². The quantitative estimate of drug-likeness (QED) is 0.682. The summed E-state index contributed by atoms with van der Waals surface area (Å²) in [7, 11) is -1.71. The second kappa shape index (κ2) is 5.26. The first-order chi connectivity index (χ1) is 7.78. The molecule has 0 radical (unpaired) electrons. The van der Waals surface area contributed by atoms with Crippen LogP contribution in [-0.4, -0.2) is 8.32 Å². The smallest absolute Gasteiger partial charge is 0.250 e. The van der Waals surface area contributed by atoms with Crippen LogP contribution in [0.4, 0.5) is 0 Å². The predicted octanol–water partition coefficient (Wildman–Crippen LogP) is 5.02. The fourth-order valence-corrected chi connectivity index (χ4v) is 2.56. The molecule has 0 unspecified atom stereocenters. The lowest BCUT2D eigenvalue weighted by Crippen LogP contribution is -2.44. The van der Waals surface area contributed by atoms with E-state index in [1.54, 1.807) is 0 Å². The molecule has 0 amide bonds.